The van der Waals surface area contributed by atoms with E-state index in [0.717, 1.165) is 27.6 Å². The first-order chi connectivity index (χ1) is 16.2. The summed E-state index contributed by atoms with van der Waals surface area (Å²) in [6.45, 7) is 3.31. The minimum atomic E-state index is -4.07. The Labute approximate surface area is 207 Å². The Kier molecular flexibility index (Phi) is 8.32. The number of aryl methyl sites for hydroxylation is 1. The van der Waals surface area contributed by atoms with Crippen molar-refractivity contribution in [1.82, 2.24) is 5.32 Å². The Hall–Kier alpha value is -2.92. The van der Waals surface area contributed by atoms with Crippen LogP contribution in [0.3, 0.4) is 0 Å². The van der Waals surface area contributed by atoms with Crippen LogP contribution < -0.4 is 15.5 Å². The van der Waals surface area contributed by atoms with Gasteiger partial charge in [-0.2, -0.15) is 5.90 Å². The normalized spacial score (nSPS) is 11.2. The van der Waals surface area contributed by atoms with Gasteiger partial charge in [-0.3, -0.25) is 9.10 Å². The molecule has 0 unspecified atom stereocenters. The largest absolute Gasteiger partial charge is 0.369 e. The Balaban J connectivity index is 1.86. The maximum Gasteiger partial charge on any atom is 0.366 e. The molecular weight excluding hydrogens is 498 g/mol. The van der Waals surface area contributed by atoms with Crippen LogP contribution in [0.2, 0.25) is 5.02 Å². The van der Waals surface area contributed by atoms with E-state index in [-0.39, 0.29) is 11.4 Å². The number of benzene rings is 2. The third-order valence-electron chi connectivity index (χ3n) is 5.17. The summed E-state index contributed by atoms with van der Waals surface area (Å²) in [5, 5.41) is 4.75. The first kappa shape index (κ1) is 25.7. The molecule has 0 spiro atoms. The highest BCUT2D eigenvalue weighted by atomic mass is 35.5. The minimum Gasteiger partial charge on any atom is -0.369 e. The van der Waals surface area contributed by atoms with E-state index < -0.39 is 28.4 Å². The van der Waals surface area contributed by atoms with Gasteiger partial charge in [-0.15, -0.1) is 11.3 Å². The summed E-state index contributed by atoms with van der Waals surface area (Å²) in [7, 11) is -4.07. The van der Waals surface area contributed by atoms with Crippen molar-refractivity contribution in [3.8, 4) is 0 Å². The third kappa shape index (κ3) is 5.76. The maximum absolute atomic E-state index is 13.6. The van der Waals surface area contributed by atoms with Crippen LogP contribution in [0.5, 0.6) is 0 Å². The molecule has 0 aliphatic carbocycles. The summed E-state index contributed by atoms with van der Waals surface area (Å²) >= 11 is 7.37. The molecule has 0 fully saturated rings. The predicted octanol–water partition coefficient (Wildman–Crippen LogP) is 3.81. The second-order valence-electron chi connectivity index (χ2n) is 7.39. The average molecular weight is 522 g/mol. The van der Waals surface area contributed by atoms with Gasteiger partial charge < -0.3 is 10.2 Å². The van der Waals surface area contributed by atoms with Crippen molar-refractivity contribution in [2.45, 2.75) is 31.7 Å². The van der Waals surface area contributed by atoms with Gasteiger partial charge in [-0.25, -0.2) is 13.2 Å². The Bertz CT molecular complexity index is 1290. The van der Waals surface area contributed by atoms with Crippen LogP contribution in [0, 0.1) is 6.92 Å². The predicted molar refractivity (Wildman–Crippen MR) is 132 cm³/mol. The van der Waals surface area contributed by atoms with Crippen molar-refractivity contribution >= 4 is 50.5 Å². The van der Waals surface area contributed by atoms with Crippen LogP contribution in [0.1, 0.15) is 33.3 Å². The molecule has 0 aliphatic rings. The number of rotatable bonds is 9. The summed E-state index contributed by atoms with van der Waals surface area (Å²) in [6.07, 6.45) is 0.771. The van der Waals surface area contributed by atoms with Gasteiger partial charge in [0.05, 0.1) is 10.6 Å². The molecule has 180 valence electrons. The van der Waals surface area contributed by atoms with E-state index in [0.29, 0.717) is 26.7 Å². The minimum absolute atomic E-state index is 0.0691. The summed E-state index contributed by atoms with van der Waals surface area (Å²) < 4.78 is 28.2. The van der Waals surface area contributed by atoms with Gasteiger partial charge in [0, 0.05) is 11.6 Å². The van der Waals surface area contributed by atoms with E-state index >= 15 is 0 Å². The Morgan fingerprint density at radius 2 is 1.85 bits per heavy atom. The highest BCUT2D eigenvalue weighted by Gasteiger charge is 2.28. The molecule has 0 saturated carbocycles. The number of sulfonamides is 1. The molecule has 1 aromatic heterocycles. The van der Waals surface area contributed by atoms with Crippen LogP contribution in [0.4, 0.5) is 5.69 Å². The van der Waals surface area contributed by atoms with E-state index in [1.807, 2.05) is 6.92 Å². The van der Waals surface area contributed by atoms with Gasteiger partial charge in [0.15, 0.2) is 0 Å². The highest BCUT2D eigenvalue weighted by Crippen LogP contribution is 2.31. The summed E-state index contributed by atoms with van der Waals surface area (Å²) in [4.78, 5) is 28.9. The molecule has 1 amide bonds. The van der Waals surface area contributed by atoms with Gasteiger partial charge in [0.25, 0.3) is 10.0 Å². The van der Waals surface area contributed by atoms with Gasteiger partial charge in [-0.1, -0.05) is 36.7 Å². The molecular formula is C23H24ClN3O5S2. The molecule has 3 aromatic rings. The molecule has 1 heterocycles. The zero-order valence-corrected chi connectivity index (χ0v) is 21.0. The quantitative estimate of drug-likeness (QED) is 0.413. The summed E-state index contributed by atoms with van der Waals surface area (Å²) in [5.74, 6) is 3.69. The standard InChI is InChI=1S/C23H24ClN3O5S2/c1-3-16-7-9-18(10-8-16)34(30,31)27(20-6-4-5-19(24)15(20)2)13-22(28)26-12-17-11-21(33-14-17)23(29)32-25/h4-11,14H,3,12-13,25H2,1-2H3,(H,26,28). The van der Waals surface area contributed by atoms with Crippen LogP contribution in [-0.4, -0.2) is 26.8 Å². The molecule has 0 saturated heterocycles. The van der Waals surface area contributed by atoms with Crippen molar-refractivity contribution in [3.63, 3.8) is 0 Å². The van der Waals surface area contributed by atoms with E-state index in [1.54, 1.807) is 48.7 Å². The summed E-state index contributed by atoms with van der Waals surface area (Å²) in [6, 6.07) is 13.0. The number of carbonyl (C=O) groups is 2. The van der Waals surface area contributed by atoms with Crippen molar-refractivity contribution in [2.75, 3.05) is 10.8 Å². The van der Waals surface area contributed by atoms with Crippen LogP contribution in [0.15, 0.2) is 58.8 Å². The SMILES string of the molecule is CCc1ccc(S(=O)(=O)N(CC(=O)NCc2csc(C(=O)ON)c2)c2cccc(Cl)c2C)cc1. The molecule has 0 atom stereocenters. The number of nitrogens with one attached hydrogen (secondary N) is 1. The molecule has 2 aromatic carbocycles. The number of nitrogens with zero attached hydrogens (tertiary/aromatic N) is 1. The number of thiophene rings is 1. The lowest BCUT2D eigenvalue weighted by atomic mass is 10.2. The third-order valence-corrected chi connectivity index (χ3v) is 8.31. The van der Waals surface area contributed by atoms with Crippen LogP contribution >= 0.6 is 22.9 Å². The Morgan fingerprint density at radius 3 is 2.50 bits per heavy atom. The van der Waals surface area contributed by atoms with Gasteiger partial charge in [-0.05, 0) is 65.7 Å². The first-order valence-corrected chi connectivity index (χ1v) is 13.0. The molecule has 0 aliphatic heterocycles. The monoisotopic (exact) mass is 521 g/mol. The van der Waals surface area contributed by atoms with Gasteiger partial charge in [0.1, 0.15) is 11.4 Å². The lowest BCUT2D eigenvalue weighted by Crippen LogP contribution is -2.41. The second kappa shape index (κ2) is 11.0. The highest BCUT2D eigenvalue weighted by molar-refractivity contribution is 7.92. The lowest BCUT2D eigenvalue weighted by molar-refractivity contribution is -0.119. The van der Waals surface area contributed by atoms with E-state index in [2.05, 4.69) is 10.2 Å². The number of carbonyl (C=O) groups excluding carboxylic acids is 2. The van der Waals surface area contributed by atoms with Crippen molar-refractivity contribution in [3.05, 3.63) is 80.5 Å². The summed E-state index contributed by atoms with van der Waals surface area (Å²) in [5.41, 5.74) is 2.50. The lowest BCUT2D eigenvalue weighted by Gasteiger charge is -2.26. The number of halogens is 1. The number of hydrogen-bond donors (Lipinski definition) is 2. The van der Waals surface area contributed by atoms with Crippen molar-refractivity contribution in [1.29, 1.82) is 0 Å². The van der Waals surface area contributed by atoms with E-state index in [1.165, 1.54) is 12.1 Å². The smallest absolute Gasteiger partial charge is 0.366 e. The maximum atomic E-state index is 13.6. The number of anilines is 1. The molecule has 34 heavy (non-hydrogen) atoms. The van der Waals surface area contributed by atoms with Crippen molar-refractivity contribution in [2.24, 2.45) is 5.90 Å². The number of amides is 1. The molecule has 0 radical (unpaired) electrons. The first-order valence-electron chi connectivity index (χ1n) is 10.3. The van der Waals surface area contributed by atoms with Crippen LogP contribution in [-0.2, 0) is 32.6 Å². The second-order valence-corrected chi connectivity index (χ2v) is 10.6. The van der Waals surface area contributed by atoms with Gasteiger partial charge in [0.2, 0.25) is 5.91 Å². The fraction of sp³-hybridized carbons (Fsp3) is 0.217. The fourth-order valence-corrected chi connectivity index (χ4v) is 5.65. The van der Waals surface area contributed by atoms with E-state index in [4.69, 9.17) is 17.5 Å². The molecule has 3 rings (SSSR count). The van der Waals surface area contributed by atoms with Crippen molar-refractivity contribution < 1.29 is 22.8 Å². The molecule has 3 N–H and O–H groups in total. The molecule has 11 heteroatoms. The topological polar surface area (TPSA) is 119 Å². The molecule has 0 bridgehead atoms. The molecule has 8 nitrogen and oxygen atoms in total. The van der Waals surface area contributed by atoms with E-state index in [9.17, 15) is 18.0 Å². The zero-order chi connectivity index (χ0) is 24.9. The van der Waals surface area contributed by atoms with Gasteiger partial charge >= 0.3 is 5.97 Å². The van der Waals surface area contributed by atoms with Crippen LogP contribution in [0.25, 0.3) is 0 Å². The average Bonchev–Trinajstić information content (AvgIpc) is 3.32. The zero-order valence-electron chi connectivity index (χ0n) is 18.6. The number of hydrogen-bond acceptors (Lipinski definition) is 7. The number of nitrogens with two attached hydrogens (primary N) is 1. The Morgan fingerprint density at radius 1 is 1.15 bits per heavy atom. The fourth-order valence-electron chi connectivity index (χ4n) is 3.21.